The molecule has 0 spiro atoms. The number of hydrogen-bond donors (Lipinski definition) is 2. The number of hydrogen-bond acceptors (Lipinski definition) is 5. The molecule has 1 aliphatic carbocycles. The molecule has 0 radical (unpaired) electrons. The van der Waals surface area contributed by atoms with E-state index in [4.69, 9.17) is 16.7 Å². The fraction of sp³-hybridized carbons (Fsp3) is 0.474. The lowest BCUT2D eigenvalue weighted by Crippen LogP contribution is -2.32. The first-order chi connectivity index (χ1) is 13.4. The van der Waals surface area contributed by atoms with E-state index in [0.29, 0.717) is 18.6 Å². The largest absolute Gasteiger partial charge is 0.511 e. The van der Waals surface area contributed by atoms with Gasteiger partial charge >= 0.3 is 6.16 Å². The standard InChI is InChI=1S/C19H21ClFN3O4/c1-2-22-10-5-6-23(8-10)17-13(21)7-12-16(15(17)20)24(11-3-4-11)9-14(18(12)25)28-19(26)27/h7,9-11,22H,2-6,8H2,1H3,(H,26,27). The first-order valence-corrected chi connectivity index (χ1v) is 9.74. The molecule has 9 heteroatoms. The van der Waals surface area contributed by atoms with Gasteiger partial charge in [0.25, 0.3) is 0 Å². The predicted octanol–water partition coefficient (Wildman–Crippen LogP) is 3.37. The summed E-state index contributed by atoms with van der Waals surface area (Å²) in [5.74, 6) is -0.940. The second kappa shape index (κ2) is 7.25. The Bertz CT molecular complexity index is 1010. The van der Waals surface area contributed by atoms with Gasteiger partial charge in [-0.25, -0.2) is 9.18 Å². The maximum absolute atomic E-state index is 15.0. The molecule has 2 fully saturated rings. The Balaban J connectivity index is 1.87. The summed E-state index contributed by atoms with van der Waals surface area (Å²) in [6, 6.07) is 1.49. The minimum atomic E-state index is -1.59. The van der Waals surface area contributed by atoms with Crippen molar-refractivity contribution in [3.63, 3.8) is 0 Å². The lowest BCUT2D eigenvalue weighted by Gasteiger charge is -2.23. The summed E-state index contributed by atoms with van der Waals surface area (Å²) in [5, 5.41) is 12.5. The second-order valence-electron chi connectivity index (χ2n) is 7.24. The molecular weight excluding hydrogens is 389 g/mol. The second-order valence-corrected chi connectivity index (χ2v) is 7.61. The monoisotopic (exact) mass is 409 g/mol. The van der Waals surface area contributed by atoms with Gasteiger partial charge in [-0.05, 0) is 31.9 Å². The third kappa shape index (κ3) is 3.31. The van der Waals surface area contributed by atoms with Crippen molar-refractivity contribution in [3.8, 4) is 5.75 Å². The minimum Gasteiger partial charge on any atom is -0.449 e. The van der Waals surface area contributed by atoms with Crippen molar-refractivity contribution in [3.05, 3.63) is 33.3 Å². The van der Waals surface area contributed by atoms with Crippen LogP contribution < -0.4 is 20.4 Å². The molecule has 2 aromatic rings. The number of ether oxygens (including phenoxy) is 1. The number of nitrogens with zero attached hydrogens (tertiary/aromatic N) is 2. The zero-order valence-corrected chi connectivity index (χ0v) is 16.1. The number of aromatic nitrogens is 1. The maximum atomic E-state index is 15.0. The molecule has 7 nitrogen and oxygen atoms in total. The van der Waals surface area contributed by atoms with Crippen LogP contribution in [0.2, 0.25) is 5.02 Å². The molecule has 2 N–H and O–H groups in total. The molecule has 4 rings (SSSR count). The molecular formula is C19H21ClFN3O4. The van der Waals surface area contributed by atoms with E-state index in [1.165, 1.54) is 6.20 Å². The number of carbonyl (C=O) groups is 1. The van der Waals surface area contributed by atoms with Crippen molar-refractivity contribution < 1.29 is 19.0 Å². The summed E-state index contributed by atoms with van der Waals surface area (Å²) in [6.07, 6.45) is 2.41. The Morgan fingerprint density at radius 1 is 1.43 bits per heavy atom. The normalized spacial score (nSPS) is 19.4. The molecule has 28 heavy (non-hydrogen) atoms. The Morgan fingerprint density at radius 2 is 2.18 bits per heavy atom. The molecule has 0 amide bonds. The van der Waals surface area contributed by atoms with E-state index in [9.17, 15) is 9.59 Å². The number of nitrogens with one attached hydrogen (secondary N) is 1. The van der Waals surface area contributed by atoms with Crippen molar-refractivity contribution >= 4 is 34.3 Å². The molecule has 1 atom stereocenters. The lowest BCUT2D eigenvalue weighted by atomic mass is 10.1. The lowest BCUT2D eigenvalue weighted by molar-refractivity contribution is 0.143. The van der Waals surface area contributed by atoms with Crippen LogP contribution in [0.1, 0.15) is 32.2 Å². The number of halogens is 2. The predicted molar refractivity (Wildman–Crippen MR) is 104 cm³/mol. The van der Waals surface area contributed by atoms with E-state index >= 15 is 4.39 Å². The van der Waals surface area contributed by atoms with Crippen molar-refractivity contribution in [2.24, 2.45) is 0 Å². The van der Waals surface area contributed by atoms with Gasteiger partial charge < -0.3 is 24.6 Å². The average Bonchev–Trinajstić information content (AvgIpc) is 3.38. The number of likely N-dealkylation sites (N-methyl/N-ethyl adjacent to an activating group) is 1. The van der Waals surface area contributed by atoms with Gasteiger partial charge in [0, 0.05) is 25.2 Å². The van der Waals surface area contributed by atoms with Gasteiger partial charge in [0.05, 0.1) is 27.8 Å². The van der Waals surface area contributed by atoms with Gasteiger partial charge in [-0.3, -0.25) is 4.79 Å². The zero-order valence-electron chi connectivity index (χ0n) is 15.4. The summed E-state index contributed by atoms with van der Waals surface area (Å²) in [5.41, 5.74) is 0.0269. The number of benzene rings is 1. The summed E-state index contributed by atoms with van der Waals surface area (Å²) in [7, 11) is 0. The maximum Gasteiger partial charge on any atom is 0.511 e. The van der Waals surface area contributed by atoms with E-state index in [-0.39, 0.29) is 33.9 Å². The molecule has 1 saturated heterocycles. The third-order valence-electron chi connectivity index (χ3n) is 5.29. The van der Waals surface area contributed by atoms with Gasteiger partial charge in [-0.1, -0.05) is 18.5 Å². The molecule has 1 aromatic carbocycles. The van der Waals surface area contributed by atoms with Crippen LogP contribution in [0.4, 0.5) is 14.9 Å². The molecule has 2 aliphatic rings. The van der Waals surface area contributed by atoms with Crippen molar-refractivity contribution in [1.82, 2.24) is 9.88 Å². The zero-order chi connectivity index (χ0) is 20.0. The van der Waals surface area contributed by atoms with Gasteiger partial charge in [-0.2, -0.15) is 0 Å². The van der Waals surface area contributed by atoms with Crippen molar-refractivity contribution in [2.45, 2.75) is 38.3 Å². The molecule has 2 heterocycles. The third-order valence-corrected chi connectivity index (χ3v) is 5.64. The molecule has 1 unspecified atom stereocenters. The summed E-state index contributed by atoms with van der Waals surface area (Å²) >= 11 is 6.64. The van der Waals surface area contributed by atoms with E-state index < -0.39 is 17.4 Å². The first kappa shape index (κ1) is 19.0. The molecule has 150 valence electrons. The molecule has 0 bridgehead atoms. The van der Waals surface area contributed by atoms with Crippen molar-refractivity contribution in [2.75, 3.05) is 24.5 Å². The van der Waals surface area contributed by atoms with Gasteiger partial charge in [0.15, 0.2) is 5.75 Å². The number of fused-ring (bicyclic) bond motifs is 1. The Hall–Kier alpha value is -2.32. The summed E-state index contributed by atoms with van der Waals surface area (Å²) in [6.45, 7) is 4.15. The van der Waals surface area contributed by atoms with E-state index in [2.05, 4.69) is 10.1 Å². The highest BCUT2D eigenvalue weighted by Crippen LogP contribution is 2.43. The highest BCUT2D eigenvalue weighted by Gasteiger charge is 2.31. The summed E-state index contributed by atoms with van der Waals surface area (Å²) in [4.78, 5) is 25.5. The van der Waals surface area contributed by atoms with Gasteiger partial charge in [0.2, 0.25) is 5.43 Å². The highest BCUT2D eigenvalue weighted by molar-refractivity contribution is 6.38. The topological polar surface area (TPSA) is 83.8 Å². The fourth-order valence-electron chi connectivity index (χ4n) is 3.92. The SMILES string of the molecule is CCNC1CCN(c2c(F)cc3c(=O)c(OC(=O)O)cn(C4CC4)c3c2Cl)C1. The Morgan fingerprint density at radius 3 is 2.82 bits per heavy atom. The van der Waals surface area contributed by atoms with Crippen LogP contribution >= 0.6 is 11.6 Å². The van der Waals surface area contributed by atoms with Crippen LogP contribution in [-0.4, -0.2) is 41.5 Å². The number of carboxylic acid groups (broad SMARTS) is 1. The van der Waals surface area contributed by atoms with Crippen LogP contribution in [0.15, 0.2) is 17.1 Å². The van der Waals surface area contributed by atoms with E-state index in [1.807, 2.05) is 11.8 Å². The Labute approximate surface area is 165 Å². The summed E-state index contributed by atoms with van der Waals surface area (Å²) < 4.78 is 21.4. The van der Waals surface area contributed by atoms with Crippen molar-refractivity contribution in [1.29, 1.82) is 0 Å². The van der Waals surface area contributed by atoms with Crippen LogP contribution in [0.25, 0.3) is 10.9 Å². The number of anilines is 1. The highest BCUT2D eigenvalue weighted by atomic mass is 35.5. The molecule has 1 saturated carbocycles. The Kier molecular flexibility index (Phi) is 4.93. The van der Waals surface area contributed by atoms with Gasteiger partial charge in [-0.15, -0.1) is 0 Å². The number of rotatable bonds is 5. The van der Waals surface area contributed by atoms with Gasteiger partial charge in [0.1, 0.15) is 5.82 Å². The van der Waals surface area contributed by atoms with Crippen LogP contribution in [0.3, 0.4) is 0 Å². The fourth-order valence-corrected chi connectivity index (χ4v) is 4.33. The van der Waals surface area contributed by atoms with Crippen LogP contribution in [0.5, 0.6) is 5.75 Å². The van der Waals surface area contributed by atoms with Crippen LogP contribution in [0, 0.1) is 5.82 Å². The smallest absolute Gasteiger partial charge is 0.449 e. The molecule has 1 aromatic heterocycles. The number of pyridine rings is 1. The first-order valence-electron chi connectivity index (χ1n) is 9.36. The minimum absolute atomic E-state index is 0.0272. The van der Waals surface area contributed by atoms with E-state index in [1.54, 1.807) is 4.57 Å². The van der Waals surface area contributed by atoms with E-state index in [0.717, 1.165) is 31.9 Å². The molecule has 1 aliphatic heterocycles. The average molecular weight is 410 g/mol. The van der Waals surface area contributed by atoms with Crippen LogP contribution in [-0.2, 0) is 0 Å². The quantitative estimate of drug-likeness (QED) is 0.736.